The van der Waals surface area contributed by atoms with Crippen molar-refractivity contribution < 1.29 is 29.3 Å². The molecule has 174 valence electrons. The van der Waals surface area contributed by atoms with Crippen LogP contribution in [0.1, 0.15) is 43.0 Å². The van der Waals surface area contributed by atoms with E-state index in [-0.39, 0.29) is 22.6 Å². The first-order valence-corrected chi connectivity index (χ1v) is 10.4. The van der Waals surface area contributed by atoms with Crippen molar-refractivity contribution >= 4 is 11.9 Å². The van der Waals surface area contributed by atoms with Crippen molar-refractivity contribution in [3.05, 3.63) is 94.0 Å². The molecule has 0 fully saturated rings. The third kappa shape index (κ3) is 6.72. The number of hydrogen-bond donors (Lipinski definition) is 2. The number of phenols is 2. The van der Waals surface area contributed by atoms with Gasteiger partial charge in [-0.25, -0.2) is 9.59 Å². The number of rotatable bonds is 2. The van der Waals surface area contributed by atoms with Crippen LogP contribution in [0.5, 0.6) is 11.5 Å². The second-order valence-corrected chi connectivity index (χ2v) is 7.02. The van der Waals surface area contributed by atoms with Crippen molar-refractivity contribution in [1.82, 2.24) is 0 Å². The molecule has 0 bridgehead atoms. The van der Waals surface area contributed by atoms with Crippen LogP contribution in [0.4, 0.5) is 0 Å². The predicted octanol–water partition coefficient (Wildman–Crippen LogP) is 3.48. The van der Waals surface area contributed by atoms with E-state index in [4.69, 9.17) is 0 Å². The summed E-state index contributed by atoms with van der Waals surface area (Å²) in [6.45, 7) is 0. The monoisotopic (exact) mass is 474 g/mol. The number of carbonyl (C=O) groups is 2. The van der Waals surface area contributed by atoms with Gasteiger partial charge in [0.2, 0.25) is 0 Å². The summed E-state index contributed by atoms with van der Waals surface area (Å²) in [5.74, 6) is 20.7. The molecule has 6 nitrogen and oxygen atoms in total. The van der Waals surface area contributed by atoms with E-state index in [0.29, 0.717) is 11.1 Å². The number of phenolic OH excluding ortho intramolecular Hbond substituents is 2. The van der Waals surface area contributed by atoms with Gasteiger partial charge in [0, 0.05) is 22.3 Å². The van der Waals surface area contributed by atoms with Crippen molar-refractivity contribution in [3.63, 3.8) is 0 Å². The van der Waals surface area contributed by atoms with Crippen LogP contribution >= 0.6 is 0 Å². The zero-order chi connectivity index (χ0) is 25.9. The molecule has 0 aliphatic carbocycles. The molecule has 3 aromatic carbocycles. The van der Waals surface area contributed by atoms with E-state index in [0.717, 1.165) is 11.1 Å². The van der Waals surface area contributed by atoms with Crippen LogP contribution < -0.4 is 0 Å². The average molecular weight is 474 g/mol. The molecule has 36 heavy (non-hydrogen) atoms. The Morgan fingerprint density at radius 2 is 0.861 bits per heavy atom. The molecular weight excluding hydrogens is 456 g/mol. The Morgan fingerprint density at radius 1 is 0.556 bits per heavy atom. The van der Waals surface area contributed by atoms with Gasteiger partial charge in [-0.15, -0.1) is 0 Å². The van der Waals surface area contributed by atoms with Crippen LogP contribution in [0, 0.1) is 47.4 Å². The summed E-state index contributed by atoms with van der Waals surface area (Å²) in [6.07, 6.45) is 0. The lowest BCUT2D eigenvalue weighted by Gasteiger charge is -2.02. The summed E-state index contributed by atoms with van der Waals surface area (Å²) in [5, 5.41) is 19.5. The maximum Gasteiger partial charge on any atom is 0.341 e. The van der Waals surface area contributed by atoms with E-state index in [2.05, 4.69) is 56.8 Å². The zero-order valence-electron chi connectivity index (χ0n) is 19.3. The molecule has 0 heterocycles. The van der Waals surface area contributed by atoms with Crippen molar-refractivity contribution in [2.45, 2.75) is 0 Å². The third-order valence-electron chi connectivity index (χ3n) is 4.64. The van der Waals surface area contributed by atoms with Gasteiger partial charge in [-0.3, -0.25) is 0 Å². The minimum Gasteiger partial charge on any atom is -0.507 e. The number of benzene rings is 3. The highest BCUT2D eigenvalue weighted by molar-refractivity contribution is 5.93. The number of carbonyl (C=O) groups excluding carboxylic acids is 2. The van der Waals surface area contributed by atoms with E-state index in [1.54, 1.807) is 36.4 Å². The van der Waals surface area contributed by atoms with E-state index >= 15 is 0 Å². The molecule has 0 saturated heterocycles. The molecule has 0 radical (unpaired) electrons. The van der Waals surface area contributed by atoms with E-state index in [1.807, 2.05) is 0 Å². The van der Waals surface area contributed by atoms with Crippen molar-refractivity contribution in [2.24, 2.45) is 0 Å². The molecule has 3 rings (SSSR count). The Balaban J connectivity index is 1.66. The maximum absolute atomic E-state index is 11.6. The number of methoxy groups -OCH3 is 2. The third-order valence-corrected chi connectivity index (χ3v) is 4.64. The highest BCUT2D eigenvalue weighted by atomic mass is 16.5. The van der Waals surface area contributed by atoms with Crippen LogP contribution in [0.2, 0.25) is 0 Å². The molecule has 0 atom stereocenters. The molecule has 0 saturated carbocycles. The summed E-state index contributed by atoms with van der Waals surface area (Å²) in [6, 6.07) is 16.0. The molecule has 0 spiro atoms. The van der Waals surface area contributed by atoms with Gasteiger partial charge in [-0.2, -0.15) is 0 Å². The van der Waals surface area contributed by atoms with Crippen molar-refractivity contribution in [1.29, 1.82) is 0 Å². The number of aromatic hydroxyl groups is 2. The van der Waals surface area contributed by atoms with Crippen LogP contribution in [-0.2, 0) is 9.47 Å². The Bertz CT molecular complexity index is 1450. The first-order chi connectivity index (χ1) is 17.4. The highest BCUT2D eigenvalue weighted by Gasteiger charge is 2.12. The Hall–Kier alpha value is -5.56. The molecule has 0 aliphatic heterocycles. The van der Waals surface area contributed by atoms with Gasteiger partial charge >= 0.3 is 11.9 Å². The number of ether oxygens (including phenoxy) is 2. The van der Waals surface area contributed by atoms with Gasteiger partial charge in [0.1, 0.15) is 22.6 Å². The van der Waals surface area contributed by atoms with Crippen LogP contribution in [0.25, 0.3) is 0 Å². The Morgan fingerprint density at radius 3 is 1.19 bits per heavy atom. The molecule has 0 aliphatic rings. The molecule has 0 unspecified atom stereocenters. The lowest BCUT2D eigenvalue weighted by Crippen LogP contribution is -2.01. The van der Waals surface area contributed by atoms with Gasteiger partial charge < -0.3 is 19.7 Å². The fraction of sp³-hybridized carbons (Fsp3) is 0.0667. The maximum atomic E-state index is 11.6. The van der Waals surface area contributed by atoms with E-state index in [9.17, 15) is 19.8 Å². The normalized spacial score (nSPS) is 8.94. The van der Waals surface area contributed by atoms with Crippen LogP contribution in [0.15, 0.2) is 60.7 Å². The second-order valence-electron chi connectivity index (χ2n) is 7.02. The largest absolute Gasteiger partial charge is 0.507 e. The summed E-state index contributed by atoms with van der Waals surface area (Å²) >= 11 is 0. The smallest absolute Gasteiger partial charge is 0.341 e. The first-order valence-electron chi connectivity index (χ1n) is 10.4. The van der Waals surface area contributed by atoms with Crippen LogP contribution in [0.3, 0.4) is 0 Å². The number of hydrogen-bond acceptors (Lipinski definition) is 6. The molecule has 0 amide bonds. The lowest BCUT2D eigenvalue weighted by molar-refractivity contribution is 0.0588. The van der Waals surface area contributed by atoms with E-state index in [1.165, 1.54) is 38.5 Å². The Labute approximate surface area is 208 Å². The van der Waals surface area contributed by atoms with Crippen LogP contribution in [-0.4, -0.2) is 36.4 Å². The van der Waals surface area contributed by atoms with Crippen molar-refractivity contribution in [2.75, 3.05) is 14.2 Å². The zero-order valence-corrected chi connectivity index (χ0v) is 19.3. The summed E-state index contributed by atoms with van der Waals surface area (Å²) < 4.78 is 9.24. The fourth-order valence-electron chi connectivity index (χ4n) is 2.83. The van der Waals surface area contributed by atoms with Gasteiger partial charge in [0.25, 0.3) is 0 Å². The summed E-state index contributed by atoms with van der Waals surface area (Å²) in [5.41, 5.74) is 2.58. The molecule has 6 heteroatoms. The van der Waals surface area contributed by atoms with E-state index < -0.39 is 11.9 Å². The molecule has 2 N–H and O–H groups in total. The topological polar surface area (TPSA) is 93.1 Å². The Kier molecular flexibility index (Phi) is 8.40. The predicted molar refractivity (Wildman–Crippen MR) is 133 cm³/mol. The molecular formula is C30H18O6. The molecule has 3 aromatic rings. The second kappa shape index (κ2) is 12.1. The lowest BCUT2D eigenvalue weighted by atomic mass is 10.1. The van der Waals surface area contributed by atoms with Gasteiger partial charge in [0.05, 0.1) is 14.2 Å². The molecule has 0 aromatic heterocycles. The van der Waals surface area contributed by atoms with Gasteiger partial charge in [-0.05, 0) is 84.3 Å². The quantitative estimate of drug-likeness (QED) is 0.437. The average Bonchev–Trinajstić information content (AvgIpc) is 2.90. The summed E-state index contributed by atoms with van der Waals surface area (Å²) in [7, 11) is 2.47. The van der Waals surface area contributed by atoms with Crippen molar-refractivity contribution in [3.8, 4) is 58.9 Å². The highest BCUT2D eigenvalue weighted by Crippen LogP contribution is 2.19. The minimum atomic E-state index is -0.649. The first kappa shape index (κ1) is 25.1. The summed E-state index contributed by atoms with van der Waals surface area (Å²) in [4.78, 5) is 23.3. The minimum absolute atomic E-state index is 0.0349. The number of esters is 2. The fourth-order valence-corrected chi connectivity index (χ4v) is 2.83. The van der Waals surface area contributed by atoms with Gasteiger partial charge in [0.15, 0.2) is 0 Å². The van der Waals surface area contributed by atoms with Gasteiger partial charge in [-0.1, -0.05) is 23.7 Å². The standard InChI is InChI=1S/C30H18O6/c1-35-29(33)25-19-23(15-17-27(25)31)9-5-3-7-21-11-13-22(14-12-21)8-4-6-10-24-16-18-28(32)26(20-24)30(34)36-2/h11-20,31-32H,1-2H3. The SMILES string of the molecule is COC(=O)c1cc(C#CC#Cc2ccc(C#CC#Cc3ccc(O)c(C(=O)OC)c3)cc2)ccc1O.